The van der Waals surface area contributed by atoms with Crippen molar-refractivity contribution in [1.82, 2.24) is 0 Å². The molecule has 2 aromatic rings. The largest absolute Gasteiger partial charge is 0.496 e. The molecule has 0 fully saturated rings. The Kier molecular flexibility index (Phi) is 5.54. The number of carbonyl (C=O) groups excluding carboxylic acids is 1. The van der Waals surface area contributed by atoms with Gasteiger partial charge >= 0.3 is 0 Å². The van der Waals surface area contributed by atoms with E-state index in [-0.39, 0.29) is 12.6 Å². The number of carbonyl (C=O) groups is 1. The smallest absolute Gasteiger partial charge is 0.231 e. The van der Waals surface area contributed by atoms with Crippen molar-refractivity contribution in [3.05, 3.63) is 47.0 Å². The number of hydrogen-bond donors (Lipinski definition) is 1. The third kappa shape index (κ3) is 3.84. The fourth-order valence-electron chi connectivity index (χ4n) is 2.97. The van der Waals surface area contributed by atoms with Gasteiger partial charge in [-0.05, 0) is 36.8 Å². The number of anilines is 1. The molecular weight excluding hydrogens is 346 g/mol. The molecule has 0 spiro atoms. The van der Waals surface area contributed by atoms with Gasteiger partial charge in [0.2, 0.25) is 6.79 Å². The fourth-order valence-corrected chi connectivity index (χ4v) is 2.97. The molecule has 6 nitrogen and oxygen atoms in total. The Hall–Kier alpha value is -3.15. The van der Waals surface area contributed by atoms with Crippen LogP contribution >= 0.6 is 0 Å². The van der Waals surface area contributed by atoms with Gasteiger partial charge in [0.25, 0.3) is 0 Å². The lowest BCUT2D eigenvalue weighted by molar-refractivity contribution is 0.103. The Labute approximate surface area is 158 Å². The van der Waals surface area contributed by atoms with Gasteiger partial charge in [-0.1, -0.05) is 13.3 Å². The maximum atomic E-state index is 13.1. The van der Waals surface area contributed by atoms with Crippen LogP contribution in [0.2, 0.25) is 0 Å². The third-order valence-corrected chi connectivity index (χ3v) is 4.36. The molecule has 0 amide bonds. The van der Waals surface area contributed by atoms with Crippen LogP contribution in [0.4, 0.5) is 5.69 Å². The molecule has 0 aliphatic carbocycles. The molecule has 1 heterocycles. The molecule has 0 radical (unpaired) electrons. The van der Waals surface area contributed by atoms with Crippen molar-refractivity contribution in [2.45, 2.75) is 19.8 Å². The Balaban J connectivity index is 2.01. The standard InChI is InChI=1S/C21H23NO5/c1-4-5-13(21(23)14-6-7-16(22)18(9-14)25-3)8-15-10-19-20(27-12-26-19)11-17(15)24-2/h6-11H,4-5,12,22H2,1-3H3. The summed E-state index contributed by atoms with van der Waals surface area (Å²) >= 11 is 0. The van der Waals surface area contributed by atoms with E-state index in [0.29, 0.717) is 46.2 Å². The number of Topliss-reactive ketones (excluding diaryl/α,β-unsaturated/α-hetero) is 1. The van der Waals surface area contributed by atoms with Crippen molar-refractivity contribution in [1.29, 1.82) is 0 Å². The van der Waals surface area contributed by atoms with Crippen molar-refractivity contribution in [3.63, 3.8) is 0 Å². The van der Waals surface area contributed by atoms with Gasteiger partial charge in [0, 0.05) is 22.8 Å². The molecule has 27 heavy (non-hydrogen) atoms. The second kappa shape index (κ2) is 8.03. The van der Waals surface area contributed by atoms with E-state index in [2.05, 4.69) is 0 Å². The molecule has 2 aromatic carbocycles. The van der Waals surface area contributed by atoms with Gasteiger partial charge in [0.15, 0.2) is 17.3 Å². The number of fused-ring (bicyclic) bond motifs is 1. The number of methoxy groups -OCH3 is 2. The number of nitrogens with two attached hydrogens (primary N) is 1. The summed E-state index contributed by atoms with van der Waals surface area (Å²) in [6.07, 6.45) is 3.30. The zero-order valence-corrected chi connectivity index (χ0v) is 15.7. The lowest BCUT2D eigenvalue weighted by Gasteiger charge is -2.11. The molecule has 3 rings (SSSR count). The molecule has 0 unspecified atom stereocenters. The van der Waals surface area contributed by atoms with E-state index < -0.39 is 0 Å². The summed E-state index contributed by atoms with van der Waals surface area (Å²) in [6.45, 7) is 2.21. The maximum Gasteiger partial charge on any atom is 0.231 e. The Morgan fingerprint density at radius 1 is 1.11 bits per heavy atom. The van der Waals surface area contributed by atoms with Crippen molar-refractivity contribution in [2.75, 3.05) is 26.7 Å². The summed E-state index contributed by atoms with van der Waals surface area (Å²) < 4.78 is 21.5. The highest BCUT2D eigenvalue weighted by atomic mass is 16.7. The first-order valence-electron chi connectivity index (χ1n) is 8.73. The first-order chi connectivity index (χ1) is 13.1. The average Bonchev–Trinajstić information content (AvgIpc) is 3.14. The van der Waals surface area contributed by atoms with E-state index in [1.807, 2.05) is 19.1 Å². The third-order valence-electron chi connectivity index (χ3n) is 4.36. The minimum absolute atomic E-state index is 0.0742. The van der Waals surface area contributed by atoms with Crippen LogP contribution in [-0.2, 0) is 0 Å². The van der Waals surface area contributed by atoms with Gasteiger partial charge in [-0.2, -0.15) is 0 Å². The van der Waals surface area contributed by atoms with Crippen LogP contribution in [0.5, 0.6) is 23.0 Å². The first kappa shape index (κ1) is 18.6. The molecule has 0 bridgehead atoms. The predicted molar refractivity (Wildman–Crippen MR) is 104 cm³/mol. The Bertz CT molecular complexity index is 888. The van der Waals surface area contributed by atoms with Crippen LogP contribution in [0.3, 0.4) is 0 Å². The quantitative estimate of drug-likeness (QED) is 0.450. The molecule has 0 aromatic heterocycles. The van der Waals surface area contributed by atoms with Gasteiger partial charge in [0.1, 0.15) is 11.5 Å². The Morgan fingerprint density at radius 2 is 1.81 bits per heavy atom. The fraction of sp³-hybridized carbons (Fsp3) is 0.286. The van der Waals surface area contributed by atoms with Crippen LogP contribution in [0.15, 0.2) is 35.9 Å². The van der Waals surface area contributed by atoms with E-state index in [1.165, 1.54) is 7.11 Å². The van der Waals surface area contributed by atoms with E-state index >= 15 is 0 Å². The SMILES string of the molecule is CCCC(=Cc1cc2c(cc1OC)OCO2)C(=O)c1ccc(N)c(OC)c1. The number of allylic oxidation sites excluding steroid dienone is 1. The topological polar surface area (TPSA) is 80.0 Å². The highest BCUT2D eigenvalue weighted by Crippen LogP contribution is 2.39. The van der Waals surface area contributed by atoms with Crippen LogP contribution in [0.1, 0.15) is 35.7 Å². The number of rotatable bonds is 7. The minimum Gasteiger partial charge on any atom is -0.496 e. The second-order valence-corrected chi connectivity index (χ2v) is 6.15. The zero-order chi connectivity index (χ0) is 19.4. The molecule has 2 N–H and O–H groups in total. The summed E-state index contributed by atoms with van der Waals surface area (Å²) in [7, 11) is 3.11. The molecule has 1 aliphatic heterocycles. The van der Waals surface area contributed by atoms with Crippen LogP contribution in [0, 0.1) is 0 Å². The lowest BCUT2D eigenvalue weighted by atomic mass is 9.96. The molecule has 1 aliphatic rings. The molecule has 0 atom stereocenters. The summed E-state index contributed by atoms with van der Waals surface area (Å²) in [6, 6.07) is 8.65. The average molecular weight is 369 g/mol. The van der Waals surface area contributed by atoms with Crippen molar-refractivity contribution >= 4 is 17.5 Å². The highest BCUT2D eigenvalue weighted by molar-refractivity contribution is 6.11. The maximum absolute atomic E-state index is 13.1. The first-order valence-corrected chi connectivity index (χ1v) is 8.73. The predicted octanol–water partition coefficient (Wildman–Crippen LogP) is 4.08. The monoisotopic (exact) mass is 369 g/mol. The van der Waals surface area contributed by atoms with Crippen molar-refractivity contribution < 1.29 is 23.7 Å². The van der Waals surface area contributed by atoms with Gasteiger partial charge < -0.3 is 24.7 Å². The second-order valence-electron chi connectivity index (χ2n) is 6.15. The van der Waals surface area contributed by atoms with E-state index in [1.54, 1.807) is 31.4 Å². The highest BCUT2D eigenvalue weighted by Gasteiger charge is 2.19. The summed E-state index contributed by atoms with van der Waals surface area (Å²) in [5.74, 6) is 2.30. The minimum atomic E-state index is -0.0742. The number of nitrogen functional groups attached to an aromatic ring is 1. The number of benzene rings is 2. The molecular formula is C21H23NO5. The van der Waals surface area contributed by atoms with Gasteiger partial charge in [-0.3, -0.25) is 4.79 Å². The van der Waals surface area contributed by atoms with Gasteiger partial charge in [0.05, 0.1) is 19.9 Å². The van der Waals surface area contributed by atoms with Crippen molar-refractivity contribution in [3.8, 4) is 23.0 Å². The Morgan fingerprint density at radius 3 is 2.48 bits per heavy atom. The summed E-state index contributed by atoms with van der Waals surface area (Å²) in [5, 5.41) is 0. The van der Waals surface area contributed by atoms with Crippen LogP contribution in [0.25, 0.3) is 6.08 Å². The molecule has 0 saturated heterocycles. The van der Waals surface area contributed by atoms with E-state index in [0.717, 1.165) is 12.0 Å². The zero-order valence-electron chi connectivity index (χ0n) is 15.7. The lowest BCUT2D eigenvalue weighted by Crippen LogP contribution is -2.05. The number of ether oxygens (including phenoxy) is 4. The molecule has 142 valence electrons. The number of ketones is 1. The van der Waals surface area contributed by atoms with E-state index in [4.69, 9.17) is 24.7 Å². The number of hydrogen-bond acceptors (Lipinski definition) is 6. The van der Waals surface area contributed by atoms with E-state index in [9.17, 15) is 4.79 Å². The van der Waals surface area contributed by atoms with Gasteiger partial charge in [-0.25, -0.2) is 0 Å². The normalized spacial score (nSPS) is 12.8. The van der Waals surface area contributed by atoms with Crippen LogP contribution in [-0.4, -0.2) is 26.8 Å². The summed E-state index contributed by atoms with van der Waals surface area (Å²) in [5.41, 5.74) is 8.31. The molecule has 6 heteroatoms. The van der Waals surface area contributed by atoms with Gasteiger partial charge in [-0.15, -0.1) is 0 Å². The van der Waals surface area contributed by atoms with Crippen LogP contribution < -0.4 is 24.7 Å². The van der Waals surface area contributed by atoms with Crippen molar-refractivity contribution in [2.24, 2.45) is 0 Å². The molecule has 0 saturated carbocycles. The summed E-state index contributed by atoms with van der Waals surface area (Å²) in [4.78, 5) is 13.1.